The van der Waals surface area contributed by atoms with Crippen molar-refractivity contribution in [3.63, 3.8) is 0 Å². The predicted molar refractivity (Wildman–Crippen MR) is 45.1 cm³/mol. The van der Waals surface area contributed by atoms with Crippen LogP contribution in [0.4, 0.5) is 0 Å². The molecule has 1 fully saturated rings. The van der Waals surface area contributed by atoms with Gasteiger partial charge in [0, 0.05) is 0 Å². The maximum Gasteiger partial charge on any atom is 0.320 e. The molecule has 1 aliphatic heterocycles. The van der Waals surface area contributed by atoms with Gasteiger partial charge in [-0.15, -0.1) is 12.4 Å². The largest absolute Gasteiger partial charge is 0.480 e. The van der Waals surface area contributed by atoms with Crippen LogP contribution in [-0.4, -0.2) is 23.7 Å². The Morgan fingerprint density at radius 1 is 1.55 bits per heavy atom. The van der Waals surface area contributed by atoms with Gasteiger partial charge in [0.1, 0.15) is 6.04 Å². The zero-order chi connectivity index (χ0) is 7.56. The highest BCUT2D eigenvalue weighted by Crippen LogP contribution is 2.12. The summed E-state index contributed by atoms with van der Waals surface area (Å²) in [7, 11) is 0. The average Bonchev–Trinajstić information content (AvgIpc) is 1.88. The van der Waals surface area contributed by atoms with Gasteiger partial charge in [0.05, 0.1) is 0 Å². The summed E-state index contributed by atoms with van der Waals surface area (Å²) < 4.78 is 0. The number of nitrogens with one attached hydrogen (secondary N) is 1. The Morgan fingerprint density at radius 3 is 2.55 bits per heavy atom. The first-order valence-electron chi connectivity index (χ1n) is 3.66. The van der Waals surface area contributed by atoms with Crippen molar-refractivity contribution in [3.05, 3.63) is 0 Å². The van der Waals surface area contributed by atoms with Crippen molar-refractivity contribution in [2.75, 3.05) is 6.54 Å². The third-order valence-electron chi connectivity index (χ3n) is 1.96. The lowest BCUT2D eigenvalue weighted by Crippen LogP contribution is -2.43. The summed E-state index contributed by atoms with van der Waals surface area (Å²) in [6, 6.07) is -0.295. The standard InChI is InChI=1S/C7H13NO2.ClH/c1-5-2-3-6(7(9)10)8-4-5;/h5-6,8H,2-4H2,1H3,(H,9,10);1H/t5-,6+;/m1./s1. The first kappa shape index (κ1) is 10.7. The quantitative estimate of drug-likeness (QED) is 0.629. The second-order valence-electron chi connectivity index (χ2n) is 2.98. The third kappa shape index (κ3) is 3.08. The van der Waals surface area contributed by atoms with Gasteiger partial charge in [0.25, 0.3) is 0 Å². The molecule has 4 heteroatoms. The molecule has 1 rings (SSSR count). The zero-order valence-electron chi connectivity index (χ0n) is 6.54. The third-order valence-corrected chi connectivity index (χ3v) is 1.96. The number of rotatable bonds is 1. The number of hydrogen-bond donors (Lipinski definition) is 2. The minimum atomic E-state index is -0.716. The van der Waals surface area contributed by atoms with Crippen molar-refractivity contribution >= 4 is 18.4 Å². The Balaban J connectivity index is 0.000001000. The minimum Gasteiger partial charge on any atom is -0.480 e. The van der Waals surface area contributed by atoms with Crippen molar-refractivity contribution < 1.29 is 9.90 Å². The zero-order valence-corrected chi connectivity index (χ0v) is 7.36. The van der Waals surface area contributed by atoms with E-state index in [9.17, 15) is 4.79 Å². The van der Waals surface area contributed by atoms with E-state index in [0.717, 1.165) is 19.4 Å². The highest BCUT2D eigenvalue weighted by Gasteiger charge is 2.22. The fraction of sp³-hybridized carbons (Fsp3) is 0.857. The highest BCUT2D eigenvalue weighted by molar-refractivity contribution is 5.85. The Labute approximate surface area is 72.6 Å². The van der Waals surface area contributed by atoms with Crippen molar-refractivity contribution in [1.29, 1.82) is 0 Å². The molecule has 0 amide bonds. The van der Waals surface area contributed by atoms with Gasteiger partial charge >= 0.3 is 5.97 Å². The summed E-state index contributed by atoms with van der Waals surface area (Å²) in [5.41, 5.74) is 0. The minimum absolute atomic E-state index is 0. The van der Waals surface area contributed by atoms with E-state index in [1.54, 1.807) is 0 Å². The average molecular weight is 180 g/mol. The van der Waals surface area contributed by atoms with Crippen LogP contribution in [0.1, 0.15) is 19.8 Å². The van der Waals surface area contributed by atoms with Crippen molar-refractivity contribution in [1.82, 2.24) is 5.32 Å². The number of hydrogen-bond acceptors (Lipinski definition) is 2. The van der Waals surface area contributed by atoms with E-state index in [2.05, 4.69) is 12.2 Å². The topological polar surface area (TPSA) is 49.3 Å². The van der Waals surface area contributed by atoms with E-state index in [1.165, 1.54) is 0 Å². The summed E-state index contributed by atoms with van der Waals surface area (Å²) in [5, 5.41) is 11.5. The molecule has 0 aliphatic carbocycles. The molecule has 0 spiro atoms. The second kappa shape index (κ2) is 4.57. The van der Waals surface area contributed by atoms with Gasteiger partial charge in [-0.25, -0.2) is 0 Å². The molecule has 2 atom stereocenters. The van der Waals surface area contributed by atoms with Gasteiger partial charge < -0.3 is 10.4 Å². The van der Waals surface area contributed by atoms with E-state index in [-0.39, 0.29) is 18.4 Å². The van der Waals surface area contributed by atoms with E-state index < -0.39 is 5.97 Å². The van der Waals surface area contributed by atoms with Gasteiger partial charge in [-0.3, -0.25) is 4.79 Å². The SMILES string of the molecule is C[C@@H]1CC[C@@H](C(=O)O)NC1.Cl. The smallest absolute Gasteiger partial charge is 0.320 e. The Kier molecular flexibility index (Phi) is 4.45. The summed E-state index contributed by atoms with van der Waals surface area (Å²) in [6.07, 6.45) is 1.81. The highest BCUT2D eigenvalue weighted by atomic mass is 35.5. The van der Waals surface area contributed by atoms with Gasteiger partial charge in [-0.1, -0.05) is 6.92 Å². The molecule has 3 nitrogen and oxygen atoms in total. The Bertz CT molecular complexity index is 132. The van der Waals surface area contributed by atoms with E-state index in [1.807, 2.05) is 0 Å². The van der Waals surface area contributed by atoms with Crippen LogP contribution in [-0.2, 0) is 4.79 Å². The summed E-state index contributed by atoms with van der Waals surface area (Å²) in [4.78, 5) is 10.4. The molecule has 0 bridgehead atoms. The fourth-order valence-corrected chi connectivity index (χ4v) is 1.21. The number of halogens is 1. The molecule has 11 heavy (non-hydrogen) atoms. The summed E-state index contributed by atoms with van der Waals surface area (Å²) in [5.74, 6) is -0.0810. The molecule has 0 aromatic heterocycles. The first-order chi connectivity index (χ1) is 4.70. The van der Waals surface area contributed by atoms with Crippen molar-refractivity contribution in [3.8, 4) is 0 Å². The molecule has 1 saturated heterocycles. The van der Waals surface area contributed by atoms with Crippen molar-refractivity contribution in [2.24, 2.45) is 5.92 Å². The first-order valence-corrected chi connectivity index (χ1v) is 3.66. The molecular weight excluding hydrogens is 166 g/mol. The van der Waals surface area contributed by atoms with Gasteiger partial charge in [0.15, 0.2) is 0 Å². The maximum atomic E-state index is 10.4. The molecule has 0 aromatic carbocycles. The number of piperidine rings is 1. The molecule has 2 N–H and O–H groups in total. The molecule has 66 valence electrons. The van der Waals surface area contributed by atoms with Gasteiger partial charge in [0.2, 0.25) is 0 Å². The molecule has 0 aromatic rings. The molecular formula is C7H14ClNO2. The molecule has 1 heterocycles. The molecule has 1 aliphatic rings. The molecule has 0 unspecified atom stereocenters. The predicted octanol–water partition coefficient (Wildman–Crippen LogP) is 0.881. The Hall–Kier alpha value is -0.280. The van der Waals surface area contributed by atoms with Crippen LogP contribution in [0.2, 0.25) is 0 Å². The molecule has 0 saturated carbocycles. The van der Waals surface area contributed by atoms with Crippen LogP contribution in [0.15, 0.2) is 0 Å². The number of carbonyl (C=O) groups is 1. The fourth-order valence-electron chi connectivity index (χ4n) is 1.21. The van der Waals surface area contributed by atoms with Gasteiger partial charge in [-0.2, -0.15) is 0 Å². The van der Waals surface area contributed by atoms with Crippen LogP contribution < -0.4 is 5.32 Å². The summed E-state index contributed by atoms with van der Waals surface area (Å²) >= 11 is 0. The van der Waals surface area contributed by atoms with Crippen LogP contribution >= 0.6 is 12.4 Å². The number of aliphatic carboxylic acids is 1. The van der Waals surface area contributed by atoms with Crippen LogP contribution in [0, 0.1) is 5.92 Å². The summed E-state index contributed by atoms with van der Waals surface area (Å²) in [6.45, 7) is 2.97. The van der Waals surface area contributed by atoms with Gasteiger partial charge in [-0.05, 0) is 25.3 Å². The van der Waals surface area contributed by atoms with Crippen LogP contribution in [0.3, 0.4) is 0 Å². The maximum absolute atomic E-state index is 10.4. The van der Waals surface area contributed by atoms with E-state index >= 15 is 0 Å². The van der Waals surface area contributed by atoms with Crippen LogP contribution in [0.5, 0.6) is 0 Å². The lowest BCUT2D eigenvalue weighted by atomic mass is 9.97. The molecule has 0 radical (unpaired) electrons. The van der Waals surface area contributed by atoms with E-state index in [0.29, 0.717) is 5.92 Å². The van der Waals surface area contributed by atoms with Crippen molar-refractivity contribution in [2.45, 2.75) is 25.8 Å². The Morgan fingerprint density at radius 2 is 2.18 bits per heavy atom. The lowest BCUT2D eigenvalue weighted by molar-refractivity contribution is -0.140. The van der Waals surface area contributed by atoms with Crippen LogP contribution in [0.25, 0.3) is 0 Å². The van der Waals surface area contributed by atoms with E-state index in [4.69, 9.17) is 5.11 Å². The normalized spacial score (nSPS) is 30.6. The lowest BCUT2D eigenvalue weighted by Gasteiger charge is -2.24. The number of carboxylic acid groups (broad SMARTS) is 1. The monoisotopic (exact) mass is 179 g/mol. The second-order valence-corrected chi connectivity index (χ2v) is 2.98. The number of carboxylic acids is 1.